The summed E-state index contributed by atoms with van der Waals surface area (Å²) in [6, 6.07) is 0. The largest absolute Gasteiger partial charge is 0.381 e. The lowest BCUT2D eigenvalue weighted by Gasteiger charge is -2.13. The number of unbranched alkanes of at least 4 members (excludes halogenated alkanes) is 13. The average Bonchev–Trinajstić information content (AvgIpc) is 3.51. The standard InChI is InChI=1S/C28H53NO3S/c1-2-3-4-5-6-7-8-9-12-15-19-30-23-27-22-28(32-24-27)25-31-20-16-13-10-11-14-17-29-18-21-33-26-29/h18,21,27-28H,2-17,19-20,22-26H2,1H3. The smallest absolute Gasteiger partial charge is 0.0813 e. The lowest BCUT2D eigenvalue weighted by Crippen LogP contribution is -2.15. The van der Waals surface area contributed by atoms with E-state index in [1.54, 1.807) is 0 Å². The highest BCUT2D eigenvalue weighted by molar-refractivity contribution is 8.02. The molecule has 0 N–H and O–H groups in total. The number of thioether (sulfide) groups is 1. The zero-order chi connectivity index (χ0) is 23.2. The molecule has 0 aromatic rings. The molecule has 0 aromatic carbocycles. The number of rotatable bonds is 23. The summed E-state index contributed by atoms with van der Waals surface area (Å²) in [5.41, 5.74) is 0. The van der Waals surface area contributed by atoms with Gasteiger partial charge in [0.1, 0.15) is 0 Å². The Kier molecular flexibility index (Phi) is 18.5. The van der Waals surface area contributed by atoms with Crippen molar-refractivity contribution in [3.63, 3.8) is 0 Å². The monoisotopic (exact) mass is 483 g/mol. The fraction of sp³-hybridized carbons (Fsp3) is 0.929. The summed E-state index contributed by atoms with van der Waals surface area (Å²) in [6.45, 7) is 7.76. The van der Waals surface area contributed by atoms with Crippen LogP contribution in [0, 0.1) is 5.92 Å². The third-order valence-corrected chi connectivity index (χ3v) is 7.60. The van der Waals surface area contributed by atoms with E-state index in [1.165, 1.54) is 103 Å². The van der Waals surface area contributed by atoms with Crippen LogP contribution < -0.4 is 0 Å². The first-order valence-electron chi connectivity index (χ1n) is 14.2. The molecule has 0 aromatic heterocycles. The van der Waals surface area contributed by atoms with Crippen LogP contribution in [0.5, 0.6) is 0 Å². The van der Waals surface area contributed by atoms with E-state index in [1.807, 2.05) is 11.8 Å². The second-order valence-electron chi connectivity index (χ2n) is 10.0. The summed E-state index contributed by atoms with van der Waals surface area (Å²) in [6.07, 6.45) is 23.8. The zero-order valence-electron chi connectivity index (χ0n) is 21.7. The SMILES string of the molecule is CCCCCCCCCCCCOCC1COC(COCCCCCCCN2C=CSC2)C1. The molecule has 5 heteroatoms. The molecule has 2 aliphatic heterocycles. The van der Waals surface area contributed by atoms with Crippen LogP contribution >= 0.6 is 11.8 Å². The molecule has 2 heterocycles. The molecule has 33 heavy (non-hydrogen) atoms. The van der Waals surface area contributed by atoms with Gasteiger partial charge in [0.05, 0.1) is 31.8 Å². The number of hydrogen-bond donors (Lipinski definition) is 0. The molecule has 0 spiro atoms. The molecule has 0 radical (unpaired) electrons. The Morgan fingerprint density at radius 3 is 2.03 bits per heavy atom. The van der Waals surface area contributed by atoms with Gasteiger partial charge in [-0.3, -0.25) is 0 Å². The number of hydrogen-bond acceptors (Lipinski definition) is 5. The van der Waals surface area contributed by atoms with Gasteiger partial charge in [-0.2, -0.15) is 0 Å². The summed E-state index contributed by atoms with van der Waals surface area (Å²) >= 11 is 1.89. The first-order chi connectivity index (χ1) is 16.4. The number of nitrogens with zero attached hydrogens (tertiary/aromatic N) is 1. The molecule has 2 atom stereocenters. The van der Waals surface area contributed by atoms with Gasteiger partial charge in [0.2, 0.25) is 0 Å². The second-order valence-corrected chi connectivity index (χ2v) is 10.9. The quantitative estimate of drug-likeness (QED) is 0.139. The molecule has 0 bridgehead atoms. The van der Waals surface area contributed by atoms with E-state index in [9.17, 15) is 0 Å². The molecule has 2 unspecified atom stereocenters. The summed E-state index contributed by atoms with van der Waals surface area (Å²) < 4.78 is 17.7. The topological polar surface area (TPSA) is 30.9 Å². The molecular weight excluding hydrogens is 430 g/mol. The van der Waals surface area contributed by atoms with E-state index >= 15 is 0 Å². The van der Waals surface area contributed by atoms with Crippen molar-refractivity contribution in [2.75, 3.05) is 45.5 Å². The summed E-state index contributed by atoms with van der Waals surface area (Å²) in [7, 11) is 0. The van der Waals surface area contributed by atoms with E-state index in [-0.39, 0.29) is 6.10 Å². The van der Waals surface area contributed by atoms with Crippen LogP contribution in [0.3, 0.4) is 0 Å². The van der Waals surface area contributed by atoms with Crippen molar-refractivity contribution in [3.8, 4) is 0 Å². The second kappa shape index (κ2) is 21.1. The van der Waals surface area contributed by atoms with Crippen LogP contribution in [0.4, 0.5) is 0 Å². The molecule has 4 nitrogen and oxygen atoms in total. The molecule has 2 rings (SSSR count). The van der Waals surface area contributed by atoms with Crippen molar-refractivity contribution in [2.45, 2.75) is 116 Å². The Morgan fingerprint density at radius 1 is 0.788 bits per heavy atom. The summed E-state index contributed by atoms with van der Waals surface area (Å²) in [5, 5.41) is 2.19. The molecule has 0 saturated carbocycles. The lowest BCUT2D eigenvalue weighted by atomic mass is 10.1. The van der Waals surface area contributed by atoms with Gasteiger partial charge in [0, 0.05) is 31.9 Å². The van der Waals surface area contributed by atoms with E-state index in [4.69, 9.17) is 14.2 Å². The maximum atomic E-state index is 5.93. The van der Waals surface area contributed by atoms with Gasteiger partial charge in [0.25, 0.3) is 0 Å². The van der Waals surface area contributed by atoms with Crippen molar-refractivity contribution in [3.05, 3.63) is 11.6 Å². The van der Waals surface area contributed by atoms with Crippen LogP contribution in [-0.4, -0.2) is 56.5 Å². The molecule has 1 saturated heterocycles. The minimum Gasteiger partial charge on any atom is -0.381 e. The highest BCUT2D eigenvalue weighted by Gasteiger charge is 2.25. The fourth-order valence-electron chi connectivity index (χ4n) is 4.67. The van der Waals surface area contributed by atoms with E-state index in [0.717, 1.165) is 45.3 Å². The van der Waals surface area contributed by atoms with Crippen LogP contribution in [0.25, 0.3) is 0 Å². The van der Waals surface area contributed by atoms with Crippen LogP contribution in [0.1, 0.15) is 110 Å². The summed E-state index contributed by atoms with van der Waals surface area (Å²) in [4.78, 5) is 2.41. The fourth-order valence-corrected chi connectivity index (χ4v) is 5.42. The maximum Gasteiger partial charge on any atom is 0.0813 e. The van der Waals surface area contributed by atoms with Crippen molar-refractivity contribution in [2.24, 2.45) is 5.92 Å². The maximum absolute atomic E-state index is 5.93. The summed E-state index contributed by atoms with van der Waals surface area (Å²) in [5.74, 6) is 1.70. The Balaban J connectivity index is 1.26. The van der Waals surface area contributed by atoms with Crippen LogP contribution in [-0.2, 0) is 14.2 Å². The minimum atomic E-state index is 0.280. The third-order valence-electron chi connectivity index (χ3n) is 6.81. The molecule has 2 aliphatic rings. The van der Waals surface area contributed by atoms with Gasteiger partial charge >= 0.3 is 0 Å². The lowest BCUT2D eigenvalue weighted by molar-refractivity contribution is 0.0141. The highest BCUT2D eigenvalue weighted by Crippen LogP contribution is 2.21. The third kappa shape index (κ3) is 16.1. The first-order valence-corrected chi connectivity index (χ1v) is 15.2. The van der Waals surface area contributed by atoms with Gasteiger partial charge in [-0.1, -0.05) is 84.0 Å². The van der Waals surface area contributed by atoms with Crippen molar-refractivity contribution < 1.29 is 14.2 Å². The van der Waals surface area contributed by atoms with Crippen LogP contribution in [0.2, 0.25) is 0 Å². The Labute approximate surface area is 209 Å². The minimum absolute atomic E-state index is 0.280. The van der Waals surface area contributed by atoms with Gasteiger partial charge < -0.3 is 19.1 Å². The molecule has 0 amide bonds. The Hall–Kier alpha value is -0.230. The predicted molar refractivity (Wildman–Crippen MR) is 143 cm³/mol. The number of ether oxygens (including phenoxy) is 3. The Morgan fingerprint density at radius 2 is 1.39 bits per heavy atom. The van der Waals surface area contributed by atoms with Gasteiger partial charge in [-0.25, -0.2) is 0 Å². The van der Waals surface area contributed by atoms with E-state index < -0.39 is 0 Å². The molecule has 194 valence electrons. The average molecular weight is 484 g/mol. The van der Waals surface area contributed by atoms with Crippen molar-refractivity contribution in [1.82, 2.24) is 4.90 Å². The van der Waals surface area contributed by atoms with Gasteiger partial charge in [0.15, 0.2) is 0 Å². The Bertz CT molecular complexity index is 462. The predicted octanol–water partition coefficient (Wildman–Crippen LogP) is 7.77. The normalized spacial score (nSPS) is 20.3. The van der Waals surface area contributed by atoms with Crippen LogP contribution in [0.15, 0.2) is 11.6 Å². The first kappa shape index (κ1) is 29.0. The van der Waals surface area contributed by atoms with Crippen molar-refractivity contribution >= 4 is 11.8 Å². The zero-order valence-corrected chi connectivity index (χ0v) is 22.5. The molecular formula is C28H53NO3S. The van der Waals surface area contributed by atoms with Gasteiger partial charge in [-0.05, 0) is 31.1 Å². The molecule has 1 fully saturated rings. The molecule has 0 aliphatic carbocycles. The van der Waals surface area contributed by atoms with E-state index in [2.05, 4.69) is 23.4 Å². The van der Waals surface area contributed by atoms with E-state index in [0.29, 0.717) is 5.92 Å². The highest BCUT2D eigenvalue weighted by atomic mass is 32.2. The van der Waals surface area contributed by atoms with Crippen molar-refractivity contribution in [1.29, 1.82) is 0 Å². The van der Waals surface area contributed by atoms with Gasteiger partial charge in [-0.15, -0.1) is 11.8 Å².